The first kappa shape index (κ1) is 13.9. The average Bonchev–Trinajstić information content (AvgIpc) is 2.98. The third-order valence-corrected chi connectivity index (χ3v) is 3.26. The lowest BCUT2D eigenvalue weighted by Gasteiger charge is -2.14. The number of hydrogen-bond acceptors (Lipinski definition) is 4. The van der Waals surface area contributed by atoms with E-state index < -0.39 is 0 Å². The fourth-order valence-corrected chi connectivity index (χ4v) is 2.20. The van der Waals surface area contributed by atoms with Crippen LogP contribution in [0, 0.1) is 11.3 Å². The number of ether oxygens (including phenoxy) is 1. The smallest absolute Gasteiger partial charge is 0.264 e. The molecule has 0 radical (unpaired) electrons. The number of rotatable bonds is 3. The number of phenolic OH excluding ortho intramolecular Hbond substituents is 1. The van der Waals surface area contributed by atoms with Gasteiger partial charge in [-0.1, -0.05) is 6.07 Å². The summed E-state index contributed by atoms with van der Waals surface area (Å²) in [6.45, 7) is 1.40. The minimum absolute atomic E-state index is 0.0211. The van der Waals surface area contributed by atoms with Gasteiger partial charge in [0.2, 0.25) is 0 Å². The van der Waals surface area contributed by atoms with E-state index in [1.165, 1.54) is 19.3 Å². The molecule has 0 saturated carbocycles. The molecule has 0 bridgehead atoms. The fraction of sp³-hybridized carbons (Fsp3) is 0.333. The van der Waals surface area contributed by atoms with Crippen molar-refractivity contribution in [3.05, 3.63) is 29.3 Å². The molecule has 1 aromatic carbocycles. The quantitative estimate of drug-likeness (QED) is 0.674. The van der Waals surface area contributed by atoms with Gasteiger partial charge < -0.3 is 14.7 Å². The lowest BCUT2D eigenvalue weighted by Crippen LogP contribution is -2.28. The molecule has 5 nitrogen and oxygen atoms in total. The highest BCUT2D eigenvalue weighted by molar-refractivity contribution is 6.01. The summed E-state index contributed by atoms with van der Waals surface area (Å²) in [5, 5.41) is 18.8. The van der Waals surface area contributed by atoms with Crippen LogP contribution >= 0.6 is 0 Å². The Labute approximate surface area is 117 Å². The summed E-state index contributed by atoms with van der Waals surface area (Å²) in [7, 11) is 1.46. The molecule has 0 aromatic heterocycles. The highest BCUT2D eigenvalue weighted by atomic mass is 16.5. The molecule has 2 rings (SSSR count). The highest BCUT2D eigenvalue weighted by Crippen LogP contribution is 2.27. The summed E-state index contributed by atoms with van der Waals surface area (Å²) in [5.41, 5.74) is 0.670. The number of nitrogens with zero attached hydrogens (tertiary/aromatic N) is 2. The van der Waals surface area contributed by atoms with Crippen molar-refractivity contribution in [3.8, 4) is 17.6 Å². The average molecular weight is 272 g/mol. The lowest BCUT2D eigenvalue weighted by molar-refractivity contribution is -0.125. The Hall–Kier alpha value is -2.48. The second-order valence-electron chi connectivity index (χ2n) is 4.60. The Morgan fingerprint density at radius 1 is 1.45 bits per heavy atom. The second-order valence-corrected chi connectivity index (χ2v) is 4.60. The van der Waals surface area contributed by atoms with Crippen LogP contribution in [0.1, 0.15) is 18.4 Å². The van der Waals surface area contributed by atoms with E-state index >= 15 is 0 Å². The molecule has 0 aliphatic carbocycles. The topological polar surface area (TPSA) is 73.6 Å². The van der Waals surface area contributed by atoms with Gasteiger partial charge in [0.15, 0.2) is 11.5 Å². The van der Waals surface area contributed by atoms with Gasteiger partial charge in [-0.15, -0.1) is 0 Å². The molecule has 1 fully saturated rings. The molecule has 1 aliphatic rings. The summed E-state index contributed by atoms with van der Waals surface area (Å²) in [6, 6.07) is 6.68. The van der Waals surface area contributed by atoms with E-state index in [-0.39, 0.29) is 17.2 Å². The van der Waals surface area contributed by atoms with E-state index in [4.69, 9.17) is 10.00 Å². The van der Waals surface area contributed by atoms with Gasteiger partial charge in [0.25, 0.3) is 5.91 Å². The maximum Gasteiger partial charge on any atom is 0.264 e. The third-order valence-electron chi connectivity index (χ3n) is 3.26. The first-order valence-electron chi connectivity index (χ1n) is 6.44. The summed E-state index contributed by atoms with van der Waals surface area (Å²) >= 11 is 0. The van der Waals surface area contributed by atoms with Crippen LogP contribution in [0.25, 0.3) is 6.08 Å². The van der Waals surface area contributed by atoms with Crippen LogP contribution in [0.2, 0.25) is 0 Å². The number of benzene rings is 1. The van der Waals surface area contributed by atoms with Crippen LogP contribution in [0.5, 0.6) is 11.5 Å². The van der Waals surface area contributed by atoms with E-state index in [1.54, 1.807) is 17.0 Å². The second kappa shape index (κ2) is 6.11. The number of nitriles is 1. The number of amides is 1. The van der Waals surface area contributed by atoms with Crippen LogP contribution in [-0.2, 0) is 4.79 Å². The van der Waals surface area contributed by atoms with Crippen LogP contribution < -0.4 is 4.74 Å². The number of likely N-dealkylation sites (tertiary alicyclic amines) is 1. The maximum absolute atomic E-state index is 12.1. The summed E-state index contributed by atoms with van der Waals surface area (Å²) < 4.78 is 4.95. The number of carbonyl (C=O) groups excluding carboxylic acids is 1. The summed E-state index contributed by atoms with van der Waals surface area (Å²) in [5.74, 6) is 0.0824. The largest absolute Gasteiger partial charge is 0.504 e. The number of aromatic hydroxyl groups is 1. The van der Waals surface area contributed by atoms with E-state index in [2.05, 4.69) is 0 Å². The highest BCUT2D eigenvalue weighted by Gasteiger charge is 2.21. The SMILES string of the molecule is COc1ccc(/C=C(\C#N)C(=O)N2CCCC2)cc1O. The Bertz CT molecular complexity index is 581. The van der Waals surface area contributed by atoms with Crippen molar-refractivity contribution in [1.82, 2.24) is 4.90 Å². The molecular formula is C15H16N2O3. The Morgan fingerprint density at radius 2 is 2.15 bits per heavy atom. The standard InChI is InChI=1S/C15H16N2O3/c1-20-14-5-4-11(9-13(14)18)8-12(10-16)15(19)17-6-2-3-7-17/h4-5,8-9,18H,2-3,6-7H2,1H3/b12-8+. The third kappa shape index (κ3) is 2.91. The van der Waals surface area contributed by atoms with Gasteiger partial charge >= 0.3 is 0 Å². The van der Waals surface area contributed by atoms with E-state index in [0.717, 1.165) is 12.8 Å². The van der Waals surface area contributed by atoms with Crippen molar-refractivity contribution < 1.29 is 14.6 Å². The van der Waals surface area contributed by atoms with Crippen LogP contribution in [-0.4, -0.2) is 36.1 Å². The zero-order valence-corrected chi connectivity index (χ0v) is 11.3. The molecular weight excluding hydrogens is 256 g/mol. The monoisotopic (exact) mass is 272 g/mol. The maximum atomic E-state index is 12.1. The van der Waals surface area contributed by atoms with Crippen molar-refractivity contribution in [2.24, 2.45) is 0 Å². The first-order chi connectivity index (χ1) is 9.65. The van der Waals surface area contributed by atoms with Crippen molar-refractivity contribution in [2.45, 2.75) is 12.8 Å². The Balaban J connectivity index is 2.24. The number of phenols is 1. The van der Waals surface area contributed by atoms with Gasteiger partial charge in [-0.05, 0) is 36.6 Å². The minimum Gasteiger partial charge on any atom is -0.504 e. The van der Waals surface area contributed by atoms with Crippen LogP contribution in [0.4, 0.5) is 0 Å². The summed E-state index contributed by atoms with van der Waals surface area (Å²) in [4.78, 5) is 13.8. The molecule has 0 unspecified atom stereocenters. The van der Waals surface area contributed by atoms with Crippen LogP contribution in [0.15, 0.2) is 23.8 Å². The van der Waals surface area contributed by atoms with E-state index in [1.807, 2.05) is 6.07 Å². The predicted octanol–water partition coefficient (Wildman–Crippen LogP) is 1.93. The van der Waals surface area contributed by atoms with Crippen LogP contribution in [0.3, 0.4) is 0 Å². The minimum atomic E-state index is -0.250. The van der Waals surface area contributed by atoms with Crippen molar-refractivity contribution >= 4 is 12.0 Å². The summed E-state index contributed by atoms with van der Waals surface area (Å²) in [6.07, 6.45) is 3.45. The molecule has 5 heteroatoms. The fourth-order valence-electron chi connectivity index (χ4n) is 2.20. The molecule has 1 amide bonds. The van der Waals surface area contributed by atoms with Gasteiger partial charge in [0.1, 0.15) is 11.6 Å². The zero-order chi connectivity index (χ0) is 14.5. The molecule has 1 aromatic rings. The molecule has 1 N–H and O–H groups in total. The van der Waals surface area contributed by atoms with Gasteiger partial charge in [0.05, 0.1) is 7.11 Å². The molecule has 0 spiro atoms. The van der Waals surface area contributed by atoms with E-state index in [0.29, 0.717) is 24.4 Å². The van der Waals surface area contributed by atoms with Gasteiger partial charge in [-0.25, -0.2) is 0 Å². The lowest BCUT2D eigenvalue weighted by atomic mass is 10.1. The van der Waals surface area contributed by atoms with Gasteiger partial charge in [-0.3, -0.25) is 4.79 Å². The Kier molecular flexibility index (Phi) is 4.26. The molecule has 1 heterocycles. The predicted molar refractivity (Wildman–Crippen MR) is 74.1 cm³/mol. The normalized spacial score (nSPS) is 15.0. The van der Waals surface area contributed by atoms with Crippen molar-refractivity contribution in [2.75, 3.05) is 20.2 Å². The Morgan fingerprint density at radius 3 is 2.70 bits per heavy atom. The molecule has 1 aliphatic heterocycles. The van der Waals surface area contributed by atoms with Gasteiger partial charge in [0, 0.05) is 13.1 Å². The van der Waals surface area contributed by atoms with Gasteiger partial charge in [-0.2, -0.15) is 5.26 Å². The van der Waals surface area contributed by atoms with E-state index in [9.17, 15) is 9.90 Å². The number of methoxy groups -OCH3 is 1. The molecule has 20 heavy (non-hydrogen) atoms. The van der Waals surface area contributed by atoms with Crippen molar-refractivity contribution in [3.63, 3.8) is 0 Å². The number of carbonyl (C=O) groups is 1. The number of hydrogen-bond donors (Lipinski definition) is 1. The molecule has 104 valence electrons. The molecule has 0 atom stereocenters. The molecule has 1 saturated heterocycles. The zero-order valence-electron chi connectivity index (χ0n) is 11.3. The van der Waals surface area contributed by atoms with Crippen molar-refractivity contribution in [1.29, 1.82) is 5.26 Å². The first-order valence-corrected chi connectivity index (χ1v) is 6.44.